The van der Waals surface area contributed by atoms with Gasteiger partial charge < -0.3 is 15.4 Å². The summed E-state index contributed by atoms with van der Waals surface area (Å²) >= 11 is 2.26. The summed E-state index contributed by atoms with van der Waals surface area (Å²) in [4.78, 5) is 23.2. The molecule has 0 saturated carbocycles. The van der Waals surface area contributed by atoms with E-state index in [4.69, 9.17) is 4.74 Å². The number of rotatable bonds is 8. The molecule has 0 radical (unpaired) electrons. The van der Waals surface area contributed by atoms with Crippen LogP contribution in [0.4, 0.5) is 4.79 Å². The Balaban J connectivity index is 2.04. The molecule has 134 valence electrons. The summed E-state index contributed by atoms with van der Waals surface area (Å²) in [5, 5.41) is 5.65. The van der Waals surface area contributed by atoms with Crippen molar-refractivity contribution >= 4 is 34.6 Å². The van der Waals surface area contributed by atoms with Crippen molar-refractivity contribution in [2.45, 2.75) is 58.6 Å². The predicted molar refractivity (Wildman–Crippen MR) is 104 cm³/mol. The fraction of sp³-hybridized carbons (Fsp3) is 0.556. The summed E-state index contributed by atoms with van der Waals surface area (Å²) in [6.07, 6.45) is 2.66. The molecule has 0 aromatic heterocycles. The predicted octanol–water partition coefficient (Wildman–Crippen LogP) is 3.99. The van der Waals surface area contributed by atoms with Gasteiger partial charge in [0.05, 0.1) is 0 Å². The molecule has 2 N–H and O–H groups in total. The van der Waals surface area contributed by atoms with Gasteiger partial charge in [-0.3, -0.25) is 4.79 Å². The summed E-state index contributed by atoms with van der Waals surface area (Å²) in [6, 6.07) is 8.08. The number of hydrogen-bond acceptors (Lipinski definition) is 3. The normalized spacial score (nSPS) is 11.0. The number of hydrogen-bond donors (Lipinski definition) is 2. The van der Waals surface area contributed by atoms with Crippen molar-refractivity contribution in [3.05, 3.63) is 33.4 Å². The summed E-state index contributed by atoms with van der Waals surface area (Å²) in [6.45, 7) is 6.64. The van der Waals surface area contributed by atoms with Crippen molar-refractivity contribution in [3.8, 4) is 0 Å². The molecule has 1 aromatic carbocycles. The second-order valence-electron chi connectivity index (χ2n) is 6.65. The summed E-state index contributed by atoms with van der Waals surface area (Å²) in [5.74, 6) is 0.0639. The smallest absolute Gasteiger partial charge is 0.407 e. The average Bonchev–Trinajstić information content (AvgIpc) is 2.47. The van der Waals surface area contributed by atoms with E-state index in [1.54, 1.807) is 0 Å². The Morgan fingerprint density at radius 2 is 1.88 bits per heavy atom. The quantitative estimate of drug-likeness (QED) is 0.469. The molecule has 0 aliphatic carbocycles. The van der Waals surface area contributed by atoms with Gasteiger partial charge in [0, 0.05) is 23.1 Å². The van der Waals surface area contributed by atoms with Crippen molar-refractivity contribution in [1.29, 1.82) is 0 Å². The maximum absolute atomic E-state index is 11.8. The lowest BCUT2D eigenvalue weighted by Gasteiger charge is -2.19. The molecule has 0 spiro atoms. The first-order chi connectivity index (χ1) is 11.3. The third-order valence-corrected chi connectivity index (χ3v) is 3.80. The molecule has 6 heteroatoms. The molecular weight excluding hydrogens is 419 g/mol. The highest BCUT2D eigenvalue weighted by atomic mass is 127. The van der Waals surface area contributed by atoms with Crippen LogP contribution in [0.15, 0.2) is 24.3 Å². The Labute approximate surface area is 158 Å². The van der Waals surface area contributed by atoms with E-state index in [1.165, 1.54) is 0 Å². The van der Waals surface area contributed by atoms with Crippen LogP contribution in [0.1, 0.15) is 52.0 Å². The average molecular weight is 446 g/mol. The van der Waals surface area contributed by atoms with Gasteiger partial charge in [0.15, 0.2) is 0 Å². The lowest BCUT2D eigenvalue weighted by Crippen LogP contribution is -2.33. The summed E-state index contributed by atoms with van der Waals surface area (Å²) < 4.78 is 6.31. The van der Waals surface area contributed by atoms with E-state index in [-0.39, 0.29) is 5.91 Å². The molecule has 0 unspecified atom stereocenters. The van der Waals surface area contributed by atoms with Crippen LogP contribution in [0.5, 0.6) is 0 Å². The van der Waals surface area contributed by atoms with Crippen molar-refractivity contribution in [3.63, 3.8) is 0 Å². The number of nitrogens with one attached hydrogen (secondary N) is 2. The fourth-order valence-electron chi connectivity index (χ4n) is 2.03. The second kappa shape index (κ2) is 10.5. The molecule has 0 aliphatic heterocycles. The van der Waals surface area contributed by atoms with Gasteiger partial charge in [-0.1, -0.05) is 18.6 Å². The van der Waals surface area contributed by atoms with E-state index < -0.39 is 11.7 Å². The topological polar surface area (TPSA) is 67.4 Å². The number of halogens is 1. The summed E-state index contributed by atoms with van der Waals surface area (Å²) in [5.41, 5.74) is 0.635. The first-order valence-electron chi connectivity index (χ1n) is 8.24. The van der Waals surface area contributed by atoms with E-state index in [2.05, 4.69) is 39.3 Å². The van der Waals surface area contributed by atoms with Crippen molar-refractivity contribution < 1.29 is 14.3 Å². The first kappa shape index (κ1) is 20.7. The summed E-state index contributed by atoms with van der Waals surface area (Å²) in [7, 11) is 0. The zero-order valence-corrected chi connectivity index (χ0v) is 16.8. The lowest BCUT2D eigenvalue weighted by molar-refractivity contribution is -0.121. The zero-order chi connectivity index (χ0) is 18.0. The van der Waals surface area contributed by atoms with Crippen LogP contribution < -0.4 is 10.6 Å². The van der Waals surface area contributed by atoms with Crippen molar-refractivity contribution in [2.75, 3.05) is 6.54 Å². The Morgan fingerprint density at radius 3 is 2.54 bits per heavy atom. The van der Waals surface area contributed by atoms with Crippen molar-refractivity contribution in [2.24, 2.45) is 0 Å². The highest BCUT2D eigenvalue weighted by Crippen LogP contribution is 2.08. The zero-order valence-electron chi connectivity index (χ0n) is 14.7. The molecule has 2 amide bonds. The maximum atomic E-state index is 11.8. The minimum Gasteiger partial charge on any atom is -0.444 e. The van der Waals surface area contributed by atoms with E-state index in [1.807, 2.05) is 39.0 Å². The van der Waals surface area contributed by atoms with E-state index in [0.29, 0.717) is 19.5 Å². The highest BCUT2D eigenvalue weighted by molar-refractivity contribution is 14.1. The number of amides is 2. The van der Waals surface area contributed by atoms with Crippen LogP contribution in [-0.2, 0) is 16.1 Å². The second-order valence-corrected chi connectivity index (χ2v) is 7.89. The maximum Gasteiger partial charge on any atom is 0.407 e. The lowest BCUT2D eigenvalue weighted by atomic mass is 10.2. The van der Waals surface area contributed by atoms with Crippen LogP contribution >= 0.6 is 22.6 Å². The molecule has 0 heterocycles. The molecule has 1 aromatic rings. The van der Waals surface area contributed by atoms with Crippen LogP contribution in [0.25, 0.3) is 0 Å². The molecule has 0 bridgehead atoms. The van der Waals surface area contributed by atoms with Gasteiger partial charge in [0.1, 0.15) is 5.60 Å². The monoisotopic (exact) mass is 446 g/mol. The molecule has 0 fully saturated rings. The number of unbranched alkanes of at least 4 members (excludes halogenated alkanes) is 2. The largest absolute Gasteiger partial charge is 0.444 e. The Hall–Kier alpha value is -1.31. The van der Waals surface area contributed by atoms with Gasteiger partial charge in [-0.2, -0.15) is 0 Å². The molecule has 5 nitrogen and oxygen atoms in total. The third kappa shape index (κ3) is 10.5. The first-order valence-corrected chi connectivity index (χ1v) is 9.32. The number of benzene rings is 1. The molecule has 0 atom stereocenters. The Morgan fingerprint density at radius 1 is 1.12 bits per heavy atom. The standard InChI is InChI=1S/C18H27IN2O3/c1-18(2,3)24-17(23)20-11-6-4-5-10-16(22)21-13-14-8-7-9-15(19)12-14/h7-9,12H,4-6,10-11,13H2,1-3H3,(H,20,23)(H,21,22). The van der Waals surface area contributed by atoms with Gasteiger partial charge in [-0.25, -0.2) is 4.79 Å². The SMILES string of the molecule is CC(C)(C)OC(=O)NCCCCCC(=O)NCc1cccc(I)c1. The highest BCUT2D eigenvalue weighted by Gasteiger charge is 2.15. The van der Waals surface area contributed by atoms with Gasteiger partial charge >= 0.3 is 6.09 Å². The van der Waals surface area contributed by atoms with Crippen molar-refractivity contribution in [1.82, 2.24) is 10.6 Å². The Bertz CT molecular complexity index is 541. The minimum absolute atomic E-state index is 0.0639. The van der Waals surface area contributed by atoms with E-state index in [0.717, 1.165) is 28.4 Å². The number of carbonyl (C=O) groups is 2. The molecular formula is C18H27IN2O3. The molecule has 0 aliphatic rings. The van der Waals surface area contributed by atoms with Crippen LogP contribution in [0, 0.1) is 3.57 Å². The van der Waals surface area contributed by atoms with Crippen LogP contribution in [0.2, 0.25) is 0 Å². The van der Waals surface area contributed by atoms with Crippen LogP contribution in [0.3, 0.4) is 0 Å². The van der Waals surface area contributed by atoms with Gasteiger partial charge in [0.25, 0.3) is 0 Å². The number of ether oxygens (including phenoxy) is 1. The number of carbonyl (C=O) groups excluding carboxylic acids is 2. The molecule has 1 rings (SSSR count). The van der Waals surface area contributed by atoms with Crippen LogP contribution in [-0.4, -0.2) is 24.1 Å². The minimum atomic E-state index is -0.473. The fourth-order valence-corrected chi connectivity index (χ4v) is 2.64. The van der Waals surface area contributed by atoms with Gasteiger partial charge in [-0.05, 0) is 73.9 Å². The molecule has 24 heavy (non-hydrogen) atoms. The number of alkyl carbamates (subject to hydrolysis) is 1. The van der Waals surface area contributed by atoms with Gasteiger partial charge in [0.2, 0.25) is 5.91 Å². The third-order valence-electron chi connectivity index (χ3n) is 3.13. The van der Waals surface area contributed by atoms with Gasteiger partial charge in [-0.15, -0.1) is 0 Å². The van der Waals surface area contributed by atoms with E-state index in [9.17, 15) is 9.59 Å². The Kier molecular flexibility index (Phi) is 9.10. The van der Waals surface area contributed by atoms with E-state index >= 15 is 0 Å². The molecule has 0 saturated heterocycles.